The van der Waals surface area contributed by atoms with Gasteiger partial charge in [-0.3, -0.25) is 9.97 Å². The molecule has 3 N–H and O–H groups in total. The molecule has 3 aromatic heterocycles. The second-order valence-electron chi connectivity index (χ2n) is 7.12. The first-order chi connectivity index (χ1) is 16.2. The highest BCUT2D eigenvalue weighted by atomic mass is 16.5. The van der Waals surface area contributed by atoms with Gasteiger partial charge in [-0.25, -0.2) is 4.98 Å². The van der Waals surface area contributed by atoms with Crippen LogP contribution in [0, 0.1) is 10.8 Å². The Labute approximate surface area is 191 Å². The summed E-state index contributed by atoms with van der Waals surface area (Å²) >= 11 is 0. The smallest absolute Gasteiger partial charge is 0.228 e. The number of anilines is 3. The van der Waals surface area contributed by atoms with Gasteiger partial charge in [0.25, 0.3) is 0 Å². The minimum Gasteiger partial charge on any atom is -0.491 e. The van der Waals surface area contributed by atoms with Gasteiger partial charge >= 0.3 is 0 Å². The van der Waals surface area contributed by atoms with Crippen molar-refractivity contribution < 1.29 is 9.47 Å². The summed E-state index contributed by atoms with van der Waals surface area (Å²) in [6.07, 6.45) is 10.8. The zero-order valence-corrected chi connectivity index (χ0v) is 18.2. The van der Waals surface area contributed by atoms with Gasteiger partial charge in [0, 0.05) is 60.9 Å². The van der Waals surface area contributed by atoms with Gasteiger partial charge in [0.15, 0.2) is 11.6 Å². The van der Waals surface area contributed by atoms with Crippen LogP contribution in [0.4, 0.5) is 17.5 Å². The van der Waals surface area contributed by atoms with Crippen LogP contribution >= 0.6 is 0 Å². The third kappa shape index (κ3) is 5.18. The van der Waals surface area contributed by atoms with Crippen molar-refractivity contribution in [1.29, 1.82) is 10.8 Å². The van der Waals surface area contributed by atoms with Crippen LogP contribution < -0.4 is 15.0 Å². The van der Waals surface area contributed by atoms with Crippen molar-refractivity contribution >= 4 is 29.4 Å². The third-order valence-electron chi connectivity index (χ3n) is 4.98. The van der Waals surface area contributed by atoms with E-state index in [9.17, 15) is 0 Å². The number of morpholine rings is 1. The highest BCUT2D eigenvalue weighted by molar-refractivity contribution is 6.08. The van der Waals surface area contributed by atoms with Gasteiger partial charge < -0.3 is 30.5 Å². The number of ether oxygens (including phenoxy) is 2. The van der Waals surface area contributed by atoms with Crippen LogP contribution in [0.1, 0.15) is 5.56 Å². The molecule has 4 heterocycles. The molecular formula is C23H24N8O2. The average Bonchev–Trinajstić information content (AvgIpc) is 2.88. The Balaban J connectivity index is 1.82. The van der Waals surface area contributed by atoms with Crippen molar-refractivity contribution in [3.63, 3.8) is 0 Å². The zero-order chi connectivity index (χ0) is 23.0. The molecule has 1 saturated heterocycles. The minimum atomic E-state index is 0.240. The van der Waals surface area contributed by atoms with Gasteiger partial charge in [0.2, 0.25) is 5.95 Å². The van der Waals surface area contributed by atoms with E-state index in [-0.39, 0.29) is 5.71 Å². The molecule has 0 amide bonds. The molecular weight excluding hydrogens is 420 g/mol. The van der Waals surface area contributed by atoms with Crippen LogP contribution in [0.5, 0.6) is 5.75 Å². The van der Waals surface area contributed by atoms with Crippen molar-refractivity contribution in [2.75, 3.05) is 43.6 Å². The molecule has 1 aliphatic rings. The van der Waals surface area contributed by atoms with Crippen LogP contribution in [0.3, 0.4) is 0 Å². The molecule has 0 atom stereocenters. The Hall–Kier alpha value is -4.18. The number of nitrogens with zero attached hydrogens (tertiary/aromatic N) is 5. The zero-order valence-electron chi connectivity index (χ0n) is 18.2. The van der Waals surface area contributed by atoms with E-state index in [1.54, 1.807) is 38.0 Å². The predicted molar refractivity (Wildman–Crippen MR) is 127 cm³/mol. The molecule has 1 aliphatic heterocycles. The SMILES string of the molecule is COc1c(Nc2ccncc2)nc(N2CCOCC2)nc1-c1cncc(C(=N)/C=C\C=N)c1. The lowest BCUT2D eigenvalue weighted by atomic mass is 10.1. The molecule has 168 valence electrons. The Kier molecular flexibility index (Phi) is 6.96. The standard InChI is InChI=1S/C23H24N8O2/c1-32-21-20(17-13-16(14-27-15-17)19(25)3-2-6-24)29-23(31-9-11-33-12-10-31)30-22(21)28-18-4-7-26-8-5-18/h2-8,13-15,24-25H,9-12H2,1H3,(H,26,28,29,30)/b3-2-,24-6?,25-19?. The summed E-state index contributed by atoms with van der Waals surface area (Å²) in [6, 6.07) is 5.51. The Morgan fingerprint density at radius 2 is 1.94 bits per heavy atom. The quantitative estimate of drug-likeness (QED) is 0.452. The normalized spacial score (nSPS) is 13.7. The monoisotopic (exact) mass is 444 g/mol. The molecule has 0 aliphatic carbocycles. The van der Waals surface area contributed by atoms with E-state index in [4.69, 9.17) is 30.3 Å². The first kappa shape index (κ1) is 22.0. The minimum absolute atomic E-state index is 0.240. The number of methoxy groups -OCH3 is 1. The summed E-state index contributed by atoms with van der Waals surface area (Å²) in [5.41, 5.74) is 2.90. The van der Waals surface area contributed by atoms with Gasteiger partial charge in [-0.2, -0.15) is 4.98 Å². The van der Waals surface area contributed by atoms with E-state index >= 15 is 0 Å². The van der Waals surface area contributed by atoms with Gasteiger partial charge in [-0.1, -0.05) is 0 Å². The number of hydrogen-bond acceptors (Lipinski definition) is 10. The maximum Gasteiger partial charge on any atom is 0.228 e. The van der Waals surface area contributed by atoms with E-state index in [0.29, 0.717) is 60.6 Å². The van der Waals surface area contributed by atoms with Crippen LogP contribution in [0.25, 0.3) is 11.3 Å². The molecule has 10 heteroatoms. The van der Waals surface area contributed by atoms with Crippen molar-refractivity contribution in [1.82, 2.24) is 19.9 Å². The van der Waals surface area contributed by atoms with E-state index in [2.05, 4.69) is 20.2 Å². The molecule has 0 bridgehead atoms. The first-order valence-corrected chi connectivity index (χ1v) is 10.4. The van der Waals surface area contributed by atoms with Gasteiger partial charge in [0.05, 0.1) is 26.0 Å². The van der Waals surface area contributed by atoms with E-state index in [0.717, 1.165) is 11.9 Å². The molecule has 0 saturated carbocycles. The maximum absolute atomic E-state index is 8.25. The fourth-order valence-corrected chi connectivity index (χ4v) is 3.35. The Morgan fingerprint density at radius 1 is 1.15 bits per heavy atom. The average molecular weight is 444 g/mol. The van der Waals surface area contributed by atoms with Crippen LogP contribution in [-0.4, -0.2) is 65.3 Å². The van der Waals surface area contributed by atoms with Crippen molar-refractivity contribution in [3.05, 3.63) is 60.7 Å². The molecule has 4 rings (SSSR count). The fourth-order valence-electron chi connectivity index (χ4n) is 3.35. The molecule has 33 heavy (non-hydrogen) atoms. The molecule has 0 radical (unpaired) electrons. The van der Waals surface area contributed by atoms with E-state index in [1.165, 1.54) is 6.08 Å². The van der Waals surface area contributed by atoms with Gasteiger partial charge in [0.1, 0.15) is 5.69 Å². The summed E-state index contributed by atoms with van der Waals surface area (Å²) in [5.74, 6) is 1.53. The lowest BCUT2D eigenvalue weighted by Crippen LogP contribution is -2.37. The molecule has 10 nitrogen and oxygen atoms in total. The highest BCUT2D eigenvalue weighted by Gasteiger charge is 2.22. The summed E-state index contributed by atoms with van der Waals surface area (Å²) < 4.78 is 11.2. The fraction of sp³-hybridized carbons (Fsp3) is 0.217. The van der Waals surface area contributed by atoms with Crippen LogP contribution in [-0.2, 0) is 4.74 Å². The third-order valence-corrected chi connectivity index (χ3v) is 4.98. The van der Waals surface area contributed by atoms with Gasteiger partial charge in [-0.15, -0.1) is 0 Å². The summed E-state index contributed by atoms with van der Waals surface area (Å²) in [5, 5.41) is 18.7. The maximum atomic E-state index is 8.25. The molecule has 0 aromatic carbocycles. The second-order valence-corrected chi connectivity index (χ2v) is 7.12. The number of allylic oxidation sites excluding steroid dienone is 2. The Morgan fingerprint density at radius 3 is 2.67 bits per heavy atom. The number of nitrogens with one attached hydrogen (secondary N) is 3. The number of rotatable bonds is 8. The Bertz CT molecular complexity index is 1160. The summed E-state index contributed by atoms with van der Waals surface area (Å²) in [6.45, 7) is 2.56. The van der Waals surface area contributed by atoms with E-state index in [1.807, 2.05) is 18.2 Å². The van der Waals surface area contributed by atoms with Crippen LogP contribution in [0.2, 0.25) is 0 Å². The number of aromatic nitrogens is 4. The summed E-state index contributed by atoms with van der Waals surface area (Å²) in [7, 11) is 1.57. The van der Waals surface area contributed by atoms with Crippen molar-refractivity contribution in [2.45, 2.75) is 0 Å². The predicted octanol–water partition coefficient (Wildman–Crippen LogP) is 3.10. The second kappa shape index (κ2) is 10.4. The molecule has 3 aromatic rings. The molecule has 0 unspecified atom stereocenters. The molecule has 0 spiro atoms. The van der Waals surface area contributed by atoms with Crippen LogP contribution in [0.15, 0.2) is 55.1 Å². The number of hydrogen-bond donors (Lipinski definition) is 3. The van der Waals surface area contributed by atoms with Crippen molar-refractivity contribution in [2.24, 2.45) is 0 Å². The lowest BCUT2D eigenvalue weighted by Gasteiger charge is -2.28. The molecule has 1 fully saturated rings. The van der Waals surface area contributed by atoms with Crippen molar-refractivity contribution in [3.8, 4) is 17.0 Å². The van der Waals surface area contributed by atoms with E-state index < -0.39 is 0 Å². The topological polar surface area (TPSA) is 133 Å². The largest absolute Gasteiger partial charge is 0.491 e. The lowest BCUT2D eigenvalue weighted by molar-refractivity contribution is 0.122. The number of pyridine rings is 2. The summed E-state index contributed by atoms with van der Waals surface area (Å²) in [4.78, 5) is 20.0. The first-order valence-electron chi connectivity index (χ1n) is 10.4. The van der Waals surface area contributed by atoms with Gasteiger partial charge in [-0.05, 0) is 30.4 Å². The highest BCUT2D eigenvalue weighted by Crippen LogP contribution is 2.37.